The van der Waals surface area contributed by atoms with Crippen molar-refractivity contribution in [2.24, 2.45) is 0 Å². The van der Waals surface area contributed by atoms with Gasteiger partial charge in [0.15, 0.2) is 0 Å². The Morgan fingerprint density at radius 2 is 1.85 bits per heavy atom. The largest absolute Gasteiger partial charge is 0.462 e. The van der Waals surface area contributed by atoms with Gasteiger partial charge in [-0.05, 0) is 45.2 Å². The second-order valence-corrected chi connectivity index (χ2v) is 5.71. The first-order chi connectivity index (χ1) is 9.78. The molecule has 0 radical (unpaired) electrons. The summed E-state index contributed by atoms with van der Waals surface area (Å²) in [5.41, 5.74) is 0. The zero-order valence-electron chi connectivity index (χ0n) is 12.4. The van der Waals surface area contributed by atoms with Gasteiger partial charge in [-0.2, -0.15) is 0 Å². The van der Waals surface area contributed by atoms with E-state index >= 15 is 0 Å². The molecule has 1 N–H and O–H groups in total. The molecule has 0 aromatic heterocycles. The van der Waals surface area contributed by atoms with Crippen molar-refractivity contribution in [1.29, 1.82) is 0 Å². The molecule has 5 nitrogen and oxygen atoms in total. The summed E-state index contributed by atoms with van der Waals surface area (Å²) < 4.78 is 16.6. The van der Waals surface area contributed by atoms with Crippen molar-refractivity contribution in [3.63, 3.8) is 0 Å². The highest BCUT2D eigenvalue weighted by atomic mass is 16.5. The highest BCUT2D eigenvalue weighted by Crippen LogP contribution is 2.23. The average Bonchev–Trinajstić information content (AvgIpc) is 2.48. The predicted molar refractivity (Wildman–Crippen MR) is 75.6 cm³/mol. The third kappa shape index (κ3) is 5.38. The number of esters is 1. The van der Waals surface area contributed by atoms with Crippen LogP contribution in [0.2, 0.25) is 0 Å². The second-order valence-electron chi connectivity index (χ2n) is 5.71. The molecule has 0 aromatic rings. The number of nitrogens with one attached hydrogen (secondary N) is 1. The lowest BCUT2D eigenvalue weighted by molar-refractivity contribution is -0.154. The molecule has 1 heterocycles. The van der Waals surface area contributed by atoms with Gasteiger partial charge in [0.2, 0.25) is 0 Å². The molecule has 20 heavy (non-hydrogen) atoms. The Bertz CT molecular complexity index is 292. The molecular formula is C15H27NO4. The van der Waals surface area contributed by atoms with E-state index in [1.54, 1.807) is 7.11 Å². The lowest BCUT2D eigenvalue weighted by atomic mass is 9.95. The Morgan fingerprint density at radius 1 is 1.10 bits per heavy atom. The van der Waals surface area contributed by atoms with E-state index in [9.17, 15) is 4.79 Å². The number of rotatable bonds is 6. The molecule has 2 aliphatic rings. The van der Waals surface area contributed by atoms with Crippen LogP contribution in [0.3, 0.4) is 0 Å². The molecule has 0 bridgehead atoms. The van der Waals surface area contributed by atoms with Gasteiger partial charge in [0.05, 0.1) is 25.2 Å². The molecule has 1 saturated carbocycles. The van der Waals surface area contributed by atoms with Crippen molar-refractivity contribution in [2.75, 3.05) is 26.8 Å². The van der Waals surface area contributed by atoms with Gasteiger partial charge in [0.1, 0.15) is 6.10 Å². The third-order valence-electron chi connectivity index (χ3n) is 4.16. The molecule has 5 heteroatoms. The Labute approximate surface area is 121 Å². The summed E-state index contributed by atoms with van der Waals surface area (Å²) in [6.07, 6.45) is 6.94. The van der Waals surface area contributed by atoms with Crippen LogP contribution in [0.15, 0.2) is 0 Å². The number of piperidine rings is 1. The van der Waals surface area contributed by atoms with Gasteiger partial charge in [-0.1, -0.05) is 0 Å². The lowest BCUT2D eigenvalue weighted by Crippen LogP contribution is -2.33. The summed E-state index contributed by atoms with van der Waals surface area (Å²) in [6.45, 7) is 2.50. The molecular weight excluding hydrogens is 258 g/mol. The smallest absolute Gasteiger partial charge is 0.308 e. The highest BCUT2D eigenvalue weighted by molar-refractivity contribution is 5.69. The van der Waals surface area contributed by atoms with Crippen molar-refractivity contribution < 1.29 is 19.0 Å². The van der Waals surface area contributed by atoms with Crippen LogP contribution in [0.25, 0.3) is 0 Å². The maximum Gasteiger partial charge on any atom is 0.308 e. The molecule has 2 unspecified atom stereocenters. The zero-order valence-corrected chi connectivity index (χ0v) is 12.4. The standard InChI is InChI=1S/C15H27NO4/c1-18-13-3-2-4-14(11-13)20-15(17)7-10-19-12-5-8-16-9-6-12/h12-14,16H,2-11H2,1H3. The van der Waals surface area contributed by atoms with Crippen LogP contribution in [-0.2, 0) is 19.0 Å². The maximum atomic E-state index is 11.8. The van der Waals surface area contributed by atoms with Gasteiger partial charge in [0, 0.05) is 13.5 Å². The van der Waals surface area contributed by atoms with Gasteiger partial charge < -0.3 is 19.5 Å². The van der Waals surface area contributed by atoms with Crippen molar-refractivity contribution in [3.8, 4) is 0 Å². The van der Waals surface area contributed by atoms with E-state index in [2.05, 4.69) is 5.32 Å². The summed E-state index contributed by atoms with van der Waals surface area (Å²) in [4.78, 5) is 11.8. The number of hydrogen-bond donors (Lipinski definition) is 1. The van der Waals surface area contributed by atoms with Gasteiger partial charge in [-0.15, -0.1) is 0 Å². The SMILES string of the molecule is COC1CCCC(OC(=O)CCOC2CCNCC2)C1. The molecule has 0 spiro atoms. The van der Waals surface area contributed by atoms with Gasteiger partial charge in [0.25, 0.3) is 0 Å². The highest BCUT2D eigenvalue weighted by Gasteiger charge is 2.24. The Kier molecular flexibility index (Phi) is 6.76. The molecule has 0 amide bonds. The number of carbonyl (C=O) groups excluding carboxylic acids is 1. The van der Waals surface area contributed by atoms with Crippen molar-refractivity contribution in [1.82, 2.24) is 5.32 Å². The summed E-state index contributed by atoms with van der Waals surface area (Å²) in [5, 5.41) is 3.29. The summed E-state index contributed by atoms with van der Waals surface area (Å²) in [6, 6.07) is 0. The lowest BCUT2D eigenvalue weighted by Gasteiger charge is -2.28. The normalized spacial score (nSPS) is 28.2. The van der Waals surface area contributed by atoms with E-state index in [1.165, 1.54) is 0 Å². The van der Waals surface area contributed by atoms with Crippen molar-refractivity contribution in [2.45, 2.75) is 63.3 Å². The predicted octanol–water partition coefficient (Wildman–Crippen LogP) is 1.65. The first kappa shape index (κ1) is 15.7. The number of carbonyl (C=O) groups is 1. The van der Waals surface area contributed by atoms with Crippen LogP contribution in [0.1, 0.15) is 44.9 Å². The monoisotopic (exact) mass is 285 g/mol. The average molecular weight is 285 g/mol. The molecule has 1 aliphatic carbocycles. The minimum absolute atomic E-state index is 0.0279. The van der Waals surface area contributed by atoms with Gasteiger partial charge >= 0.3 is 5.97 Å². The van der Waals surface area contributed by atoms with Crippen LogP contribution in [-0.4, -0.2) is 51.1 Å². The minimum atomic E-state index is -0.138. The number of ether oxygens (including phenoxy) is 3. The summed E-state index contributed by atoms with van der Waals surface area (Å²) in [5.74, 6) is -0.138. The van der Waals surface area contributed by atoms with E-state index in [1.807, 2.05) is 0 Å². The second kappa shape index (κ2) is 8.60. The van der Waals surface area contributed by atoms with Crippen LogP contribution in [0.4, 0.5) is 0 Å². The molecule has 2 fully saturated rings. The zero-order chi connectivity index (χ0) is 14.2. The van der Waals surface area contributed by atoms with E-state index in [-0.39, 0.29) is 18.2 Å². The molecule has 1 aliphatic heterocycles. The fourth-order valence-electron chi connectivity index (χ4n) is 2.94. The van der Waals surface area contributed by atoms with Crippen molar-refractivity contribution >= 4 is 5.97 Å². The maximum absolute atomic E-state index is 11.8. The first-order valence-electron chi connectivity index (χ1n) is 7.82. The fourth-order valence-corrected chi connectivity index (χ4v) is 2.94. The molecule has 116 valence electrons. The Balaban J connectivity index is 1.57. The van der Waals surface area contributed by atoms with E-state index in [0.717, 1.165) is 51.6 Å². The van der Waals surface area contributed by atoms with Crippen LogP contribution in [0, 0.1) is 0 Å². The Morgan fingerprint density at radius 3 is 2.60 bits per heavy atom. The Hall–Kier alpha value is -0.650. The van der Waals surface area contributed by atoms with E-state index in [4.69, 9.17) is 14.2 Å². The van der Waals surface area contributed by atoms with Crippen LogP contribution in [0.5, 0.6) is 0 Å². The fraction of sp³-hybridized carbons (Fsp3) is 0.933. The van der Waals surface area contributed by atoms with Crippen LogP contribution >= 0.6 is 0 Å². The number of hydrogen-bond acceptors (Lipinski definition) is 5. The quantitative estimate of drug-likeness (QED) is 0.752. The van der Waals surface area contributed by atoms with E-state index in [0.29, 0.717) is 19.1 Å². The molecule has 0 aromatic carbocycles. The minimum Gasteiger partial charge on any atom is -0.462 e. The third-order valence-corrected chi connectivity index (χ3v) is 4.16. The number of methoxy groups -OCH3 is 1. The molecule has 1 saturated heterocycles. The van der Waals surface area contributed by atoms with E-state index < -0.39 is 0 Å². The summed E-state index contributed by atoms with van der Waals surface area (Å²) in [7, 11) is 1.72. The van der Waals surface area contributed by atoms with Gasteiger partial charge in [-0.25, -0.2) is 0 Å². The molecule has 2 rings (SSSR count). The van der Waals surface area contributed by atoms with Crippen LogP contribution < -0.4 is 5.32 Å². The first-order valence-corrected chi connectivity index (χ1v) is 7.82. The van der Waals surface area contributed by atoms with Gasteiger partial charge in [-0.3, -0.25) is 4.79 Å². The summed E-state index contributed by atoms with van der Waals surface area (Å²) >= 11 is 0. The van der Waals surface area contributed by atoms with Crippen molar-refractivity contribution in [3.05, 3.63) is 0 Å². The topological polar surface area (TPSA) is 56.8 Å². The molecule has 2 atom stereocenters.